The molecule has 1 atom stereocenters. The van der Waals surface area contributed by atoms with Gasteiger partial charge in [-0.1, -0.05) is 0 Å². The van der Waals surface area contributed by atoms with Crippen LogP contribution in [0.4, 0.5) is 0 Å². The minimum absolute atomic E-state index is 0.0682. The summed E-state index contributed by atoms with van der Waals surface area (Å²) in [5, 5.41) is 0. The molecule has 0 spiro atoms. The van der Waals surface area contributed by atoms with Gasteiger partial charge in [-0.25, -0.2) is 0 Å². The predicted molar refractivity (Wildman–Crippen MR) is 89.5 cm³/mol. The van der Waals surface area contributed by atoms with Crippen LogP contribution < -0.4 is 14.2 Å². The number of hydrogen-bond acceptors (Lipinski definition) is 8. The molecule has 8 heteroatoms. The van der Waals surface area contributed by atoms with Gasteiger partial charge in [0.25, 0.3) is 0 Å². The Kier molecular flexibility index (Phi) is 6.43. The van der Waals surface area contributed by atoms with E-state index in [2.05, 4.69) is 0 Å². The minimum atomic E-state index is -1.44. The van der Waals surface area contributed by atoms with E-state index in [1.165, 1.54) is 14.2 Å². The Hall–Kier alpha value is -2.77. The second-order valence-corrected chi connectivity index (χ2v) is 5.46. The van der Waals surface area contributed by atoms with Gasteiger partial charge in [0.2, 0.25) is 0 Å². The third-order valence-electron chi connectivity index (χ3n) is 3.98. The summed E-state index contributed by atoms with van der Waals surface area (Å²) in [6.45, 7) is 3.08. The molecule has 0 radical (unpaired) electrons. The van der Waals surface area contributed by atoms with Gasteiger partial charge >= 0.3 is 11.9 Å². The Bertz CT molecular complexity index is 661. The van der Waals surface area contributed by atoms with Crippen molar-refractivity contribution in [2.45, 2.75) is 19.8 Å². The summed E-state index contributed by atoms with van der Waals surface area (Å²) in [5.41, 5.74) is 0.302. The number of rotatable bonds is 7. The van der Waals surface area contributed by atoms with E-state index in [9.17, 15) is 14.4 Å². The largest absolute Gasteiger partial charge is 0.496 e. The molecular weight excluding hydrogens is 344 g/mol. The molecule has 0 fully saturated rings. The van der Waals surface area contributed by atoms with Crippen LogP contribution in [0.5, 0.6) is 17.2 Å². The molecule has 0 aliphatic carbocycles. The monoisotopic (exact) mass is 366 g/mol. The molecule has 1 aliphatic rings. The van der Waals surface area contributed by atoms with Crippen molar-refractivity contribution < 1.29 is 38.1 Å². The van der Waals surface area contributed by atoms with Gasteiger partial charge in [-0.2, -0.15) is 0 Å². The standard InChI is InChI=1S/C18H22O8/c1-5-24-17(20)16(18(21)25-6-2)14-11(19)9-26-13-8-10(22-3)7-12(23-4)15(13)14/h7-8,14,16H,5-6,9H2,1-4H3/t14-/m0/s1. The fourth-order valence-electron chi connectivity index (χ4n) is 2.87. The number of carbonyl (C=O) groups is 3. The molecule has 0 amide bonds. The van der Waals surface area contributed by atoms with Crippen LogP contribution in [-0.4, -0.2) is 51.8 Å². The van der Waals surface area contributed by atoms with Gasteiger partial charge in [0, 0.05) is 17.7 Å². The molecule has 0 bridgehead atoms. The molecule has 1 heterocycles. The van der Waals surface area contributed by atoms with Gasteiger partial charge in [0.1, 0.15) is 23.9 Å². The van der Waals surface area contributed by atoms with E-state index < -0.39 is 29.6 Å². The SMILES string of the molecule is CCOC(=O)C(C(=O)OCC)[C@H]1C(=O)COc2cc(OC)cc(OC)c21. The summed E-state index contributed by atoms with van der Waals surface area (Å²) in [4.78, 5) is 37.5. The number of methoxy groups -OCH3 is 2. The van der Waals surface area contributed by atoms with E-state index in [1.807, 2.05) is 0 Å². The lowest BCUT2D eigenvalue weighted by Crippen LogP contribution is -2.40. The normalized spacial score (nSPS) is 15.7. The van der Waals surface area contributed by atoms with Crippen molar-refractivity contribution in [2.24, 2.45) is 5.92 Å². The van der Waals surface area contributed by atoms with Gasteiger partial charge in [-0.05, 0) is 13.8 Å². The average Bonchev–Trinajstić information content (AvgIpc) is 2.63. The van der Waals surface area contributed by atoms with Crippen LogP contribution in [0.1, 0.15) is 25.3 Å². The Morgan fingerprint density at radius 1 is 1.12 bits per heavy atom. The quantitative estimate of drug-likeness (QED) is 0.529. The van der Waals surface area contributed by atoms with Crippen LogP contribution in [0, 0.1) is 5.92 Å². The predicted octanol–water partition coefficient (Wildman–Crippen LogP) is 1.49. The average molecular weight is 366 g/mol. The van der Waals surface area contributed by atoms with Crippen molar-refractivity contribution in [2.75, 3.05) is 34.0 Å². The van der Waals surface area contributed by atoms with Crippen molar-refractivity contribution >= 4 is 17.7 Å². The smallest absolute Gasteiger partial charge is 0.321 e. The zero-order valence-electron chi connectivity index (χ0n) is 15.2. The maximum absolute atomic E-state index is 12.6. The lowest BCUT2D eigenvalue weighted by atomic mass is 9.80. The summed E-state index contributed by atoms with van der Waals surface area (Å²) in [7, 11) is 2.89. The first-order valence-corrected chi connectivity index (χ1v) is 8.23. The maximum atomic E-state index is 12.6. The lowest BCUT2D eigenvalue weighted by Gasteiger charge is -2.30. The first-order valence-electron chi connectivity index (χ1n) is 8.23. The molecule has 0 N–H and O–H groups in total. The molecule has 1 aliphatic heterocycles. The van der Waals surface area contributed by atoms with Crippen molar-refractivity contribution in [3.05, 3.63) is 17.7 Å². The van der Waals surface area contributed by atoms with Crippen LogP contribution in [0.3, 0.4) is 0 Å². The number of fused-ring (bicyclic) bond motifs is 1. The molecule has 142 valence electrons. The van der Waals surface area contributed by atoms with Gasteiger partial charge in [0.15, 0.2) is 11.7 Å². The Balaban J connectivity index is 2.60. The van der Waals surface area contributed by atoms with E-state index in [1.54, 1.807) is 26.0 Å². The second-order valence-electron chi connectivity index (χ2n) is 5.46. The van der Waals surface area contributed by atoms with E-state index >= 15 is 0 Å². The molecule has 0 saturated carbocycles. The topological polar surface area (TPSA) is 97.4 Å². The summed E-state index contributed by atoms with van der Waals surface area (Å²) >= 11 is 0. The van der Waals surface area contributed by atoms with E-state index in [0.29, 0.717) is 17.1 Å². The molecule has 0 saturated heterocycles. The molecule has 26 heavy (non-hydrogen) atoms. The number of ether oxygens (including phenoxy) is 5. The van der Waals surface area contributed by atoms with Gasteiger partial charge in [-0.3, -0.25) is 14.4 Å². The van der Waals surface area contributed by atoms with Crippen LogP contribution >= 0.6 is 0 Å². The molecule has 8 nitrogen and oxygen atoms in total. The number of ketones is 1. The zero-order chi connectivity index (χ0) is 19.3. The summed E-state index contributed by atoms with van der Waals surface area (Å²) < 4.78 is 26.0. The Morgan fingerprint density at radius 3 is 2.23 bits per heavy atom. The molecule has 0 aromatic heterocycles. The highest BCUT2D eigenvalue weighted by atomic mass is 16.6. The number of benzene rings is 1. The Morgan fingerprint density at radius 2 is 1.73 bits per heavy atom. The number of carbonyl (C=O) groups excluding carboxylic acids is 3. The van der Waals surface area contributed by atoms with Crippen molar-refractivity contribution in [3.63, 3.8) is 0 Å². The lowest BCUT2D eigenvalue weighted by molar-refractivity contribution is -0.164. The summed E-state index contributed by atoms with van der Waals surface area (Å²) in [6.07, 6.45) is 0. The first-order chi connectivity index (χ1) is 12.5. The molecule has 1 aromatic rings. The minimum Gasteiger partial charge on any atom is -0.496 e. The fraction of sp³-hybridized carbons (Fsp3) is 0.500. The third-order valence-corrected chi connectivity index (χ3v) is 3.98. The third kappa shape index (κ3) is 3.74. The van der Waals surface area contributed by atoms with Crippen LogP contribution in [0.25, 0.3) is 0 Å². The number of Topliss-reactive ketones (excluding diaryl/α,β-unsaturated/α-hetero) is 1. The molecular formula is C18H22O8. The zero-order valence-corrected chi connectivity index (χ0v) is 15.2. The number of esters is 2. The highest BCUT2D eigenvalue weighted by Gasteiger charge is 2.47. The highest BCUT2D eigenvalue weighted by Crippen LogP contribution is 2.45. The first kappa shape index (κ1) is 19.6. The van der Waals surface area contributed by atoms with Gasteiger partial charge in [-0.15, -0.1) is 0 Å². The number of hydrogen-bond donors (Lipinski definition) is 0. The highest BCUT2D eigenvalue weighted by molar-refractivity contribution is 6.04. The summed E-state index contributed by atoms with van der Waals surface area (Å²) in [5.74, 6) is -3.61. The van der Waals surface area contributed by atoms with E-state index in [0.717, 1.165) is 0 Å². The maximum Gasteiger partial charge on any atom is 0.321 e. The van der Waals surface area contributed by atoms with Gasteiger partial charge in [0.05, 0.1) is 33.4 Å². The van der Waals surface area contributed by atoms with Crippen molar-refractivity contribution in [1.29, 1.82) is 0 Å². The van der Waals surface area contributed by atoms with E-state index in [4.69, 9.17) is 23.7 Å². The second kappa shape index (κ2) is 8.55. The Labute approximate surface area is 151 Å². The van der Waals surface area contributed by atoms with Crippen LogP contribution in [0.2, 0.25) is 0 Å². The van der Waals surface area contributed by atoms with E-state index in [-0.39, 0.29) is 25.6 Å². The molecule has 0 unspecified atom stereocenters. The molecule has 2 rings (SSSR count). The van der Waals surface area contributed by atoms with Crippen molar-refractivity contribution in [3.8, 4) is 17.2 Å². The fourth-order valence-corrected chi connectivity index (χ4v) is 2.87. The van der Waals surface area contributed by atoms with Crippen LogP contribution in [-0.2, 0) is 23.9 Å². The van der Waals surface area contributed by atoms with Gasteiger partial charge < -0.3 is 23.7 Å². The summed E-state index contributed by atoms with van der Waals surface area (Å²) in [6, 6.07) is 3.13. The van der Waals surface area contributed by atoms with Crippen molar-refractivity contribution in [1.82, 2.24) is 0 Å². The van der Waals surface area contributed by atoms with Crippen LogP contribution in [0.15, 0.2) is 12.1 Å². The molecule has 1 aromatic carbocycles.